The summed E-state index contributed by atoms with van der Waals surface area (Å²) in [4.78, 5) is 0. The van der Waals surface area contributed by atoms with Gasteiger partial charge in [0.15, 0.2) is 5.11 Å². The molecule has 0 aromatic rings. The smallest absolute Gasteiger partial charge is 0.160 e. The second-order valence-electron chi connectivity index (χ2n) is 0.902. The molecule has 0 radical (unpaired) electrons. The lowest BCUT2D eigenvalue weighted by atomic mass is 11.3. The largest absolute Gasteiger partial charge is 0.377 e. The fourth-order valence-electron chi connectivity index (χ4n) is 0. The van der Waals surface area contributed by atoms with Crippen molar-refractivity contribution in [1.29, 1.82) is 0 Å². The Hall–Kier alpha value is -0.350. The van der Waals surface area contributed by atoms with Gasteiger partial charge in [-0.3, -0.25) is 0 Å². The van der Waals surface area contributed by atoms with Crippen molar-refractivity contribution in [1.82, 2.24) is 5.32 Å². The van der Waals surface area contributed by atoms with E-state index >= 15 is 0 Å². The molecule has 44 valence electrons. The molecule has 0 unspecified atom stereocenters. The Morgan fingerprint density at radius 2 is 1.43 bits per heavy atom. The summed E-state index contributed by atoms with van der Waals surface area (Å²) in [6.45, 7) is 0. The van der Waals surface area contributed by atoms with Gasteiger partial charge in [-0.2, -0.15) is 0 Å². The Bertz CT molecular complexity index is 41.4. The average Bonchev–Trinajstić information content (AvgIpc) is 1.33. The third kappa shape index (κ3) is 614. The molecule has 0 aromatic carbocycles. The van der Waals surface area contributed by atoms with Crippen LogP contribution < -0.4 is 16.8 Å². The molecule has 0 aliphatic carbocycles. The first-order valence-corrected chi connectivity index (χ1v) is 2.19. The van der Waals surface area contributed by atoms with Gasteiger partial charge in [-0.15, -0.1) is 0 Å². The zero-order valence-corrected chi connectivity index (χ0v) is 5.38. The fraction of sp³-hybridized carbons (Fsp3) is 0.667. The molecule has 0 spiro atoms. The molecule has 0 aliphatic heterocycles. The molecule has 0 atom stereocenters. The molecule has 0 fully saturated rings. The van der Waals surface area contributed by atoms with Crippen LogP contribution in [0.4, 0.5) is 0 Å². The Morgan fingerprint density at radius 3 is 1.43 bits per heavy atom. The number of nitrogens with two attached hydrogens (primary N) is 2. The van der Waals surface area contributed by atoms with E-state index in [1.807, 2.05) is 14.1 Å². The molecule has 0 bridgehead atoms. The quantitative estimate of drug-likeness (QED) is 0.361. The SMILES string of the molecule is CNC.NC(N)=S. The van der Waals surface area contributed by atoms with Crippen molar-refractivity contribution in [3.8, 4) is 0 Å². The molecule has 5 N–H and O–H groups in total. The summed E-state index contributed by atoms with van der Waals surface area (Å²) in [6.07, 6.45) is 0. The van der Waals surface area contributed by atoms with E-state index in [0.29, 0.717) is 0 Å². The van der Waals surface area contributed by atoms with Crippen LogP contribution in [0, 0.1) is 0 Å². The van der Waals surface area contributed by atoms with Gasteiger partial charge >= 0.3 is 0 Å². The number of hydrogen-bond acceptors (Lipinski definition) is 2. The van der Waals surface area contributed by atoms with E-state index in [1.54, 1.807) is 0 Å². The second kappa shape index (κ2) is 9.17. The normalized spacial score (nSPS) is 6.00. The lowest BCUT2D eigenvalue weighted by Gasteiger charge is -1.68. The Kier molecular flexibility index (Phi) is 12.9. The van der Waals surface area contributed by atoms with E-state index in [4.69, 9.17) is 0 Å². The average molecular weight is 121 g/mol. The van der Waals surface area contributed by atoms with Gasteiger partial charge in [-0.25, -0.2) is 0 Å². The first-order valence-electron chi connectivity index (χ1n) is 1.78. The predicted molar refractivity (Wildman–Crippen MR) is 36.0 cm³/mol. The zero-order valence-electron chi connectivity index (χ0n) is 4.56. The number of rotatable bonds is 0. The minimum Gasteiger partial charge on any atom is -0.377 e. The molecule has 0 amide bonds. The van der Waals surface area contributed by atoms with Crippen molar-refractivity contribution in [2.24, 2.45) is 11.5 Å². The summed E-state index contributed by atoms with van der Waals surface area (Å²) in [5, 5.41) is 2.75. The highest BCUT2D eigenvalue weighted by Crippen LogP contribution is 1.32. The Morgan fingerprint density at radius 1 is 1.43 bits per heavy atom. The molecule has 0 aliphatic rings. The van der Waals surface area contributed by atoms with Gasteiger partial charge in [-0.05, 0) is 26.3 Å². The van der Waals surface area contributed by atoms with Gasteiger partial charge < -0.3 is 16.8 Å². The van der Waals surface area contributed by atoms with Crippen LogP contribution in [-0.2, 0) is 0 Å². The minimum absolute atomic E-state index is 0.000000000000000222. The molecule has 0 rings (SSSR count). The molecular formula is C3H11N3S. The first kappa shape index (κ1) is 9.82. The maximum absolute atomic E-state index is 4.62. The lowest BCUT2D eigenvalue weighted by Crippen LogP contribution is -2.18. The Balaban J connectivity index is 0. The molecule has 0 saturated heterocycles. The molecule has 0 heterocycles. The second-order valence-corrected chi connectivity index (χ2v) is 1.37. The van der Waals surface area contributed by atoms with E-state index in [-0.39, 0.29) is 5.11 Å². The van der Waals surface area contributed by atoms with Crippen LogP contribution in [0.3, 0.4) is 0 Å². The van der Waals surface area contributed by atoms with Gasteiger partial charge in [0.05, 0.1) is 0 Å². The minimum atomic E-state index is 0.000000000000000222. The fourth-order valence-corrected chi connectivity index (χ4v) is 0. The van der Waals surface area contributed by atoms with E-state index in [9.17, 15) is 0 Å². The van der Waals surface area contributed by atoms with E-state index < -0.39 is 0 Å². The number of nitrogens with one attached hydrogen (secondary N) is 1. The van der Waals surface area contributed by atoms with E-state index in [2.05, 4.69) is 29.0 Å². The number of hydrogen-bond donors (Lipinski definition) is 3. The summed E-state index contributed by atoms with van der Waals surface area (Å²) >= 11 is 4.09. The van der Waals surface area contributed by atoms with E-state index in [0.717, 1.165) is 0 Å². The van der Waals surface area contributed by atoms with Crippen LogP contribution in [0.5, 0.6) is 0 Å². The molecule has 3 nitrogen and oxygen atoms in total. The van der Waals surface area contributed by atoms with Crippen LogP contribution in [0.1, 0.15) is 0 Å². The maximum atomic E-state index is 4.62. The van der Waals surface area contributed by atoms with Crippen LogP contribution in [0.2, 0.25) is 0 Å². The van der Waals surface area contributed by atoms with Gasteiger partial charge in [0.25, 0.3) is 0 Å². The summed E-state index contributed by atoms with van der Waals surface area (Å²) in [7, 11) is 3.75. The van der Waals surface area contributed by atoms with Crippen molar-refractivity contribution < 1.29 is 0 Å². The van der Waals surface area contributed by atoms with Crippen LogP contribution >= 0.6 is 12.2 Å². The highest BCUT2D eigenvalue weighted by molar-refractivity contribution is 7.80. The summed E-state index contributed by atoms with van der Waals surface area (Å²) in [5.41, 5.74) is 9.24. The molecule has 0 saturated carbocycles. The maximum Gasteiger partial charge on any atom is 0.160 e. The van der Waals surface area contributed by atoms with Gasteiger partial charge in [0, 0.05) is 0 Å². The standard InChI is InChI=1S/C2H7N.CH4N2S/c1-3-2;2-1(3)4/h3H,1-2H3;(H4,2,3,4). The lowest BCUT2D eigenvalue weighted by molar-refractivity contribution is 1.02. The van der Waals surface area contributed by atoms with Crippen molar-refractivity contribution in [2.45, 2.75) is 0 Å². The van der Waals surface area contributed by atoms with Crippen LogP contribution in [0.25, 0.3) is 0 Å². The van der Waals surface area contributed by atoms with Crippen LogP contribution in [-0.4, -0.2) is 19.2 Å². The topological polar surface area (TPSA) is 64.1 Å². The van der Waals surface area contributed by atoms with Crippen molar-refractivity contribution in [3.63, 3.8) is 0 Å². The van der Waals surface area contributed by atoms with Gasteiger partial charge in [0.2, 0.25) is 0 Å². The molecule has 7 heavy (non-hydrogen) atoms. The molecule has 0 aromatic heterocycles. The predicted octanol–water partition coefficient (Wildman–Crippen LogP) is -0.976. The van der Waals surface area contributed by atoms with Crippen molar-refractivity contribution in [3.05, 3.63) is 0 Å². The third-order valence-corrected chi connectivity index (χ3v) is 0. The highest BCUT2D eigenvalue weighted by atomic mass is 32.1. The van der Waals surface area contributed by atoms with Gasteiger partial charge in [0.1, 0.15) is 0 Å². The summed E-state index contributed by atoms with van der Waals surface area (Å²) in [6, 6.07) is 0. The van der Waals surface area contributed by atoms with Gasteiger partial charge in [-0.1, -0.05) is 0 Å². The third-order valence-electron chi connectivity index (χ3n) is 0. The van der Waals surface area contributed by atoms with E-state index in [1.165, 1.54) is 0 Å². The summed E-state index contributed by atoms with van der Waals surface area (Å²) < 4.78 is 0. The van der Waals surface area contributed by atoms with Crippen LogP contribution in [0.15, 0.2) is 0 Å². The van der Waals surface area contributed by atoms with Crippen molar-refractivity contribution >= 4 is 17.3 Å². The first-order chi connectivity index (χ1) is 3.15. The molecular weight excluding hydrogens is 110 g/mol. The Labute approximate surface area is 49.1 Å². The van der Waals surface area contributed by atoms with Crippen molar-refractivity contribution in [2.75, 3.05) is 14.1 Å². The number of thiocarbonyl (C=S) groups is 1. The highest BCUT2D eigenvalue weighted by Gasteiger charge is 1.53. The monoisotopic (exact) mass is 121 g/mol. The summed E-state index contributed by atoms with van der Waals surface area (Å²) in [5.74, 6) is 0. The zero-order chi connectivity index (χ0) is 6.28. The molecule has 4 heteroatoms.